The van der Waals surface area contributed by atoms with Crippen molar-refractivity contribution in [2.24, 2.45) is 11.3 Å². The lowest BCUT2D eigenvalue weighted by atomic mass is 9.93. The third kappa shape index (κ3) is 2.29. The van der Waals surface area contributed by atoms with E-state index in [9.17, 15) is 5.11 Å². The predicted molar refractivity (Wildman–Crippen MR) is 58.2 cm³/mol. The summed E-state index contributed by atoms with van der Waals surface area (Å²) in [5.41, 5.74) is 0.319. The monoisotopic (exact) mass is 197 g/mol. The van der Waals surface area contributed by atoms with Crippen LogP contribution in [0.4, 0.5) is 0 Å². The number of rotatable bonds is 4. The summed E-state index contributed by atoms with van der Waals surface area (Å²) in [6.45, 7) is 6.39. The van der Waals surface area contributed by atoms with Crippen LogP contribution in [0.5, 0.6) is 0 Å². The third-order valence-corrected chi connectivity index (χ3v) is 4.14. The van der Waals surface area contributed by atoms with Crippen molar-refractivity contribution in [3.8, 4) is 0 Å². The summed E-state index contributed by atoms with van der Waals surface area (Å²) in [4.78, 5) is 2.56. The first-order valence-corrected chi connectivity index (χ1v) is 6.11. The second kappa shape index (κ2) is 4.19. The van der Waals surface area contributed by atoms with Crippen molar-refractivity contribution >= 4 is 0 Å². The third-order valence-electron chi connectivity index (χ3n) is 4.14. The zero-order valence-corrected chi connectivity index (χ0v) is 9.34. The maximum atomic E-state index is 9.26. The molecule has 0 aromatic rings. The van der Waals surface area contributed by atoms with Crippen LogP contribution in [0.1, 0.15) is 39.0 Å². The van der Waals surface area contributed by atoms with Gasteiger partial charge < -0.3 is 10.0 Å². The summed E-state index contributed by atoms with van der Waals surface area (Å²) < 4.78 is 0. The molecule has 2 fully saturated rings. The molecule has 0 aromatic heterocycles. The number of aliphatic hydroxyl groups is 1. The number of aliphatic hydroxyl groups excluding tert-OH is 1. The summed E-state index contributed by atoms with van der Waals surface area (Å²) in [6, 6.07) is 0. The molecular formula is C12H23NO. The first kappa shape index (κ1) is 10.4. The molecule has 0 bridgehead atoms. The van der Waals surface area contributed by atoms with Crippen LogP contribution >= 0.6 is 0 Å². The van der Waals surface area contributed by atoms with E-state index in [1.165, 1.54) is 45.2 Å². The van der Waals surface area contributed by atoms with E-state index in [0.717, 1.165) is 12.5 Å². The van der Waals surface area contributed by atoms with Crippen LogP contribution in [0.25, 0.3) is 0 Å². The topological polar surface area (TPSA) is 23.5 Å². The average molecular weight is 197 g/mol. The first-order chi connectivity index (χ1) is 6.78. The fourth-order valence-electron chi connectivity index (χ4n) is 2.57. The fraction of sp³-hybridized carbons (Fsp3) is 1.00. The second-order valence-electron chi connectivity index (χ2n) is 5.29. The number of hydrogen-bond acceptors (Lipinski definition) is 2. The van der Waals surface area contributed by atoms with Gasteiger partial charge in [0.2, 0.25) is 0 Å². The molecule has 82 valence electrons. The van der Waals surface area contributed by atoms with Gasteiger partial charge in [0, 0.05) is 18.6 Å². The quantitative estimate of drug-likeness (QED) is 0.744. The maximum absolute atomic E-state index is 9.26. The molecule has 0 amide bonds. The highest BCUT2D eigenvalue weighted by atomic mass is 16.3. The van der Waals surface area contributed by atoms with Gasteiger partial charge in [0.25, 0.3) is 0 Å². The van der Waals surface area contributed by atoms with Gasteiger partial charge in [0.05, 0.1) is 0 Å². The lowest BCUT2D eigenvalue weighted by molar-refractivity contribution is 0.116. The summed E-state index contributed by atoms with van der Waals surface area (Å²) in [7, 11) is 0. The first-order valence-electron chi connectivity index (χ1n) is 6.11. The van der Waals surface area contributed by atoms with Crippen molar-refractivity contribution in [1.82, 2.24) is 4.90 Å². The summed E-state index contributed by atoms with van der Waals surface area (Å²) in [5.74, 6) is 0.968. The fourth-order valence-corrected chi connectivity index (χ4v) is 2.57. The smallest absolute Gasteiger partial charge is 0.0499 e. The van der Waals surface area contributed by atoms with Crippen molar-refractivity contribution in [3.63, 3.8) is 0 Å². The molecule has 14 heavy (non-hydrogen) atoms. The van der Waals surface area contributed by atoms with Gasteiger partial charge in [0.15, 0.2) is 0 Å². The molecule has 2 nitrogen and oxygen atoms in total. The minimum absolute atomic E-state index is 0.319. The Kier molecular flexibility index (Phi) is 3.13. The van der Waals surface area contributed by atoms with Crippen LogP contribution in [0, 0.1) is 11.3 Å². The SMILES string of the molecule is CCC1CCN(CC2(CO)CC2)CC1. The Morgan fingerprint density at radius 2 is 1.93 bits per heavy atom. The molecule has 2 heteroatoms. The number of nitrogens with zero attached hydrogens (tertiary/aromatic N) is 1. The van der Waals surface area contributed by atoms with Gasteiger partial charge in [-0.3, -0.25) is 0 Å². The number of likely N-dealkylation sites (tertiary alicyclic amines) is 1. The Hall–Kier alpha value is -0.0800. The zero-order valence-electron chi connectivity index (χ0n) is 9.34. The van der Waals surface area contributed by atoms with E-state index >= 15 is 0 Å². The minimum atomic E-state index is 0.319. The van der Waals surface area contributed by atoms with Crippen LogP contribution < -0.4 is 0 Å². The van der Waals surface area contributed by atoms with E-state index < -0.39 is 0 Å². The van der Waals surface area contributed by atoms with Crippen LogP contribution in [-0.4, -0.2) is 36.2 Å². The van der Waals surface area contributed by atoms with Crippen molar-refractivity contribution < 1.29 is 5.11 Å². The van der Waals surface area contributed by atoms with Crippen molar-refractivity contribution in [2.75, 3.05) is 26.2 Å². The number of hydrogen-bond donors (Lipinski definition) is 1. The Morgan fingerprint density at radius 1 is 1.29 bits per heavy atom. The molecule has 2 rings (SSSR count). The van der Waals surface area contributed by atoms with E-state index in [2.05, 4.69) is 11.8 Å². The van der Waals surface area contributed by atoms with E-state index in [0.29, 0.717) is 12.0 Å². The van der Waals surface area contributed by atoms with Gasteiger partial charge >= 0.3 is 0 Å². The van der Waals surface area contributed by atoms with Gasteiger partial charge in [-0.2, -0.15) is 0 Å². The molecule has 1 aliphatic carbocycles. The highest BCUT2D eigenvalue weighted by Crippen LogP contribution is 2.46. The molecule has 1 saturated heterocycles. The molecule has 1 N–H and O–H groups in total. The van der Waals surface area contributed by atoms with E-state index in [1.807, 2.05) is 0 Å². The van der Waals surface area contributed by atoms with Crippen molar-refractivity contribution in [1.29, 1.82) is 0 Å². The Balaban J connectivity index is 1.73. The van der Waals surface area contributed by atoms with Crippen LogP contribution in [-0.2, 0) is 0 Å². The highest BCUT2D eigenvalue weighted by Gasteiger charge is 2.43. The molecule has 1 aliphatic heterocycles. The Morgan fingerprint density at radius 3 is 2.36 bits per heavy atom. The van der Waals surface area contributed by atoms with Gasteiger partial charge in [-0.25, -0.2) is 0 Å². The largest absolute Gasteiger partial charge is 0.396 e. The van der Waals surface area contributed by atoms with Gasteiger partial charge in [-0.05, 0) is 44.7 Å². The molecular weight excluding hydrogens is 174 g/mol. The number of piperidine rings is 1. The van der Waals surface area contributed by atoms with Crippen LogP contribution in [0.3, 0.4) is 0 Å². The zero-order chi connectivity index (χ0) is 10.0. The Labute approximate surface area is 87.3 Å². The van der Waals surface area contributed by atoms with Crippen LogP contribution in [0.15, 0.2) is 0 Å². The predicted octanol–water partition coefficient (Wildman–Crippen LogP) is 1.88. The average Bonchev–Trinajstić information content (AvgIpc) is 3.00. The molecule has 2 aliphatic rings. The van der Waals surface area contributed by atoms with Crippen molar-refractivity contribution in [2.45, 2.75) is 39.0 Å². The highest BCUT2D eigenvalue weighted by molar-refractivity contribution is 4.95. The Bertz CT molecular complexity index is 181. The molecule has 1 saturated carbocycles. The van der Waals surface area contributed by atoms with Crippen LogP contribution in [0.2, 0.25) is 0 Å². The van der Waals surface area contributed by atoms with Gasteiger partial charge in [-0.15, -0.1) is 0 Å². The van der Waals surface area contributed by atoms with Gasteiger partial charge in [-0.1, -0.05) is 13.3 Å². The standard InChI is InChI=1S/C12H23NO/c1-2-11-3-7-13(8-4-11)9-12(10-14)5-6-12/h11,14H,2-10H2,1H3. The minimum Gasteiger partial charge on any atom is -0.396 e. The molecule has 0 unspecified atom stereocenters. The lowest BCUT2D eigenvalue weighted by Crippen LogP contribution is -2.38. The maximum Gasteiger partial charge on any atom is 0.0499 e. The van der Waals surface area contributed by atoms with E-state index in [-0.39, 0.29) is 0 Å². The van der Waals surface area contributed by atoms with E-state index in [1.54, 1.807) is 0 Å². The lowest BCUT2D eigenvalue weighted by Gasteiger charge is -2.33. The summed E-state index contributed by atoms with van der Waals surface area (Å²) in [6.07, 6.45) is 6.59. The molecule has 0 radical (unpaired) electrons. The van der Waals surface area contributed by atoms with E-state index in [4.69, 9.17) is 0 Å². The van der Waals surface area contributed by atoms with Gasteiger partial charge in [0.1, 0.15) is 0 Å². The molecule has 0 aromatic carbocycles. The second-order valence-corrected chi connectivity index (χ2v) is 5.29. The molecule has 1 heterocycles. The normalized spacial score (nSPS) is 27.9. The molecule has 0 spiro atoms. The molecule has 0 atom stereocenters. The summed E-state index contributed by atoms with van der Waals surface area (Å²) >= 11 is 0. The summed E-state index contributed by atoms with van der Waals surface area (Å²) in [5, 5.41) is 9.26. The van der Waals surface area contributed by atoms with Crippen molar-refractivity contribution in [3.05, 3.63) is 0 Å².